The Labute approximate surface area is 173 Å². The number of H-pyrrole nitrogens is 2. The second kappa shape index (κ2) is 5.74. The molecule has 0 radical (unpaired) electrons. The summed E-state index contributed by atoms with van der Waals surface area (Å²) >= 11 is 0. The summed E-state index contributed by atoms with van der Waals surface area (Å²) in [5.74, 6) is 0. The summed E-state index contributed by atoms with van der Waals surface area (Å²) in [6.45, 7) is 0. The third-order valence-corrected chi connectivity index (χ3v) is 6.34. The van der Waals surface area contributed by atoms with Crippen LogP contribution < -0.4 is 0 Å². The summed E-state index contributed by atoms with van der Waals surface area (Å²) in [4.78, 5) is 7.48. The lowest BCUT2D eigenvalue weighted by atomic mass is 9.85. The Balaban J connectivity index is 1.76. The molecule has 0 fully saturated rings. The third-order valence-electron chi connectivity index (χ3n) is 6.34. The number of nitrogens with one attached hydrogen (secondary N) is 2. The Morgan fingerprint density at radius 1 is 0.367 bits per heavy atom. The van der Waals surface area contributed by atoms with Gasteiger partial charge in [0.25, 0.3) is 0 Å². The van der Waals surface area contributed by atoms with Gasteiger partial charge in [0.2, 0.25) is 0 Å². The van der Waals surface area contributed by atoms with Crippen molar-refractivity contribution < 1.29 is 0 Å². The highest BCUT2D eigenvalue weighted by molar-refractivity contribution is 6.15. The first-order chi connectivity index (χ1) is 14.9. The van der Waals surface area contributed by atoms with E-state index in [9.17, 15) is 0 Å². The van der Waals surface area contributed by atoms with Crippen LogP contribution in [-0.2, 0) is 0 Å². The highest BCUT2D eigenvalue weighted by atomic mass is 14.8. The summed E-state index contributed by atoms with van der Waals surface area (Å²) in [7, 11) is 0. The molecule has 0 bridgehead atoms. The molecule has 7 rings (SSSR count). The van der Waals surface area contributed by atoms with E-state index in [0.29, 0.717) is 0 Å². The van der Waals surface area contributed by atoms with Gasteiger partial charge in [0, 0.05) is 44.1 Å². The minimum atomic E-state index is 1.17. The van der Waals surface area contributed by atoms with Gasteiger partial charge in [-0.05, 0) is 23.3 Å². The Kier molecular flexibility index (Phi) is 3.03. The zero-order valence-electron chi connectivity index (χ0n) is 16.2. The Bertz CT molecular complexity index is 1470. The lowest BCUT2D eigenvalue weighted by molar-refractivity contribution is 1.42. The molecule has 2 N–H and O–H groups in total. The van der Waals surface area contributed by atoms with E-state index in [4.69, 9.17) is 0 Å². The first kappa shape index (κ1) is 15.8. The van der Waals surface area contributed by atoms with Crippen LogP contribution in [0.2, 0.25) is 0 Å². The molecule has 2 heterocycles. The van der Waals surface area contributed by atoms with Crippen LogP contribution in [0, 0.1) is 0 Å². The van der Waals surface area contributed by atoms with Crippen LogP contribution in [0.25, 0.3) is 66.6 Å². The van der Waals surface area contributed by atoms with E-state index >= 15 is 0 Å². The summed E-state index contributed by atoms with van der Waals surface area (Å²) < 4.78 is 0. The second-order valence-corrected chi connectivity index (χ2v) is 7.93. The summed E-state index contributed by atoms with van der Waals surface area (Å²) in [6.07, 6.45) is 0. The first-order valence-electron chi connectivity index (χ1n) is 10.3. The zero-order valence-corrected chi connectivity index (χ0v) is 16.2. The number of rotatable bonds is 0. The van der Waals surface area contributed by atoms with Crippen LogP contribution in [0.1, 0.15) is 0 Å². The number of aromatic nitrogens is 2. The van der Waals surface area contributed by atoms with Crippen molar-refractivity contribution in [3.63, 3.8) is 0 Å². The van der Waals surface area contributed by atoms with Crippen LogP contribution in [0.4, 0.5) is 0 Å². The monoisotopic (exact) mass is 382 g/mol. The maximum Gasteiger partial charge on any atom is 0.0551 e. The van der Waals surface area contributed by atoms with Gasteiger partial charge in [-0.1, -0.05) is 84.9 Å². The molecule has 2 heteroatoms. The van der Waals surface area contributed by atoms with Crippen molar-refractivity contribution in [2.45, 2.75) is 0 Å². The van der Waals surface area contributed by atoms with Crippen molar-refractivity contribution >= 4 is 21.8 Å². The SMILES string of the molecule is c1ccc2c(c1)-c1[nH]c3ccccc3c1-c1ccccc1-c1[nH]c3ccccc3c1-2. The minimum Gasteiger partial charge on any atom is -0.354 e. The fourth-order valence-electron chi connectivity index (χ4n) is 5.09. The number of para-hydroxylation sites is 2. The Morgan fingerprint density at radius 2 is 0.733 bits per heavy atom. The van der Waals surface area contributed by atoms with Crippen molar-refractivity contribution in [1.29, 1.82) is 0 Å². The van der Waals surface area contributed by atoms with E-state index in [2.05, 4.69) is 107 Å². The van der Waals surface area contributed by atoms with Crippen molar-refractivity contribution in [3.8, 4) is 44.8 Å². The van der Waals surface area contributed by atoms with Crippen molar-refractivity contribution in [1.82, 2.24) is 9.97 Å². The van der Waals surface area contributed by atoms with Crippen molar-refractivity contribution in [2.24, 2.45) is 0 Å². The molecule has 1 aliphatic rings. The molecule has 2 nitrogen and oxygen atoms in total. The highest BCUT2D eigenvalue weighted by Crippen LogP contribution is 2.51. The largest absolute Gasteiger partial charge is 0.354 e. The van der Waals surface area contributed by atoms with Crippen molar-refractivity contribution in [3.05, 3.63) is 97.1 Å². The maximum atomic E-state index is 3.74. The molecule has 6 aromatic rings. The topological polar surface area (TPSA) is 31.6 Å². The lowest BCUT2D eigenvalue weighted by Gasteiger charge is -2.19. The van der Waals surface area contributed by atoms with Crippen LogP contribution in [-0.4, -0.2) is 9.97 Å². The minimum absolute atomic E-state index is 1.17. The van der Waals surface area contributed by atoms with Crippen molar-refractivity contribution in [2.75, 3.05) is 0 Å². The fraction of sp³-hybridized carbons (Fsp3) is 0. The molecular formula is C28H18N2. The third kappa shape index (κ3) is 1.98. The molecule has 30 heavy (non-hydrogen) atoms. The number of hydrogen-bond acceptors (Lipinski definition) is 0. The molecule has 0 atom stereocenters. The average molecular weight is 382 g/mol. The van der Waals surface area contributed by atoms with Gasteiger partial charge in [0.1, 0.15) is 0 Å². The highest BCUT2D eigenvalue weighted by Gasteiger charge is 2.26. The van der Waals surface area contributed by atoms with E-state index < -0.39 is 0 Å². The number of fused-ring (bicyclic) bond motifs is 12. The van der Waals surface area contributed by atoms with Gasteiger partial charge in [-0.2, -0.15) is 0 Å². The maximum absolute atomic E-state index is 3.74. The first-order valence-corrected chi connectivity index (χ1v) is 10.3. The Hall–Kier alpha value is -4.04. The normalized spacial score (nSPS) is 12.0. The van der Waals surface area contributed by atoms with E-state index in [1.807, 2.05) is 0 Å². The number of hydrogen-bond donors (Lipinski definition) is 2. The molecular weight excluding hydrogens is 364 g/mol. The Morgan fingerprint density at radius 3 is 1.20 bits per heavy atom. The van der Waals surface area contributed by atoms with Crippen LogP contribution in [0.5, 0.6) is 0 Å². The zero-order chi connectivity index (χ0) is 19.7. The molecule has 0 aliphatic heterocycles. The summed E-state index contributed by atoms with van der Waals surface area (Å²) in [5, 5.41) is 2.52. The summed E-state index contributed by atoms with van der Waals surface area (Å²) in [5.41, 5.74) is 12.3. The van der Waals surface area contributed by atoms with Gasteiger partial charge >= 0.3 is 0 Å². The predicted molar refractivity (Wildman–Crippen MR) is 125 cm³/mol. The molecule has 0 spiro atoms. The van der Waals surface area contributed by atoms with Gasteiger partial charge in [-0.15, -0.1) is 0 Å². The second-order valence-electron chi connectivity index (χ2n) is 7.93. The van der Waals surface area contributed by atoms with Gasteiger partial charge in [0.15, 0.2) is 0 Å². The predicted octanol–water partition coefficient (Wildman–Crippen LogP) is 7.63. The van der Waals surface area contributed by atoms with Crippen LogP contribution in [0.3, 0.4) is 0 Å². The molecule has 0 unspecified atom stereocenters. The van der Waals surface area contributed by atoms with E-state index in [0.717, 1.165) is 0 Å². The standard InChI is InChI=1S/C28H18N2/c1-3-11-19-17(9-1)25-21-13-5-7-15-23(21)30-28(25)20-12-4-2-10-18(20)26-22-14-6-8-16-24(22)29-27(19)26/h1-16,29-30H. The molecule has 4 aromatic carbocycles. The fourth-order valence-corrected chi connectivity index (χ4v) is 5.09. The molecule has 0 saturated carbocycles. The quantitative estimate of drug-likeness (QED) is 0.270. The number of benzene rings is 4. The van der Waals surface area contributed by atoms with Gasteiger partial charge in [0.05, 0.1) is 11.4 Å². The van der Waals surface area contributed by atoms with E-state index in [1.165, 1.54) is 66.6 Å². The lowest BCUT2D eigenvalue weighted by Crippen LogP contribution is -1.95. The number of aromatic amines is 2. The van der Waals surface area contributed by atoms with Gasteiger partial charge < -0.3 is 9.97 Å². The van der Waals surface area contributed by atoms with Gasteiger partial charge in [-0.3, -0.25) is 0 Å². The summed E-state index contributed by atoms with van der Waals surface area (Å²) in [6, 6.07) is 34.7. The van der Waals surface area contributed by atoms with Gasteiger partial charge in [-0.25, -0.2) is 0 Å². The van der Waals surface area contributed by atoms with E-state index in [1.54, 1.807) is 0 Å². The van der Waals surface area contributed by atoms with E-state index in [-0.39, 0.29) is 0 Å². The average Bonchev–Trinajstić information content (AvgIpc) is 3.36. The molecule has 2 aromatic heterocycles. The molecule has 1 aliphatic carbocycles. The molecule has 0 saturated heterocycles. The van der Waals surface area contributed by atoms with Crippen LogP contribution >= 0.6 is 0 Å². The smallest absolute Gasteiger partial charge is 0.0551 e. The molecule has 0 amide bonds. The molecule has 140 valence electrons. The van der Waals surface area contributed by atoms with Crippen LogP contribution in [0.15, 0.2) is 97.1 Å².